The molecular weight excluding hydrogens is 342 g/mol. The van der Waals surface area contributed by atoms with Gasteiger partial charge in [-0.15, -0.1) is 0 Å². The number of carbonyl (C=O) groups excluding carboxylic acids is 1. The van der Waals surface area contributed by atoms with Crippen molar-refractivity contribution in [3.8, 4) is 0 Å². The van der Waals surface area contributed by atoms with E-state index in [1.807, 2.05) is 66.0 Å². The zero-order chi connectivity index (χ0) is 18.1. The lowest BCUT2D eigenvalue weighted by Gasteiger charge is -2.27. The van der Waals surface area contributed by atoms with Crippen LogP contribution in [0.25, 0.3) is 0 Å². The summed E-state index contributed by atoms with van der Waals surface area (Å²) in [4.78, 5) is 19.7. The highest BCUT2D eigenvalue weighted by Gasteiger charge is 2.29. The molecule has 1 aromatic heterocycles. The van der Waals surface area contributed by atoms with Crippen molar-refractivity contribution in [3.63, 3.8) is 0 Å². The van der Waals surface area contributed by atoms with E-state index in [-0.39, 0.29) is 11.2 Å². The number of anilines is 2. The number of fused-ring (bicyclic) bond motifs is 2. The maximum absolute atomic E-state index is 13.5. The van der Waals surface area contributed by atoms with Gasteiger partial charge in [0.15, 0.2) is 5.16 Å². The number of hydrogen-bond acceptors (Lipinski definition) is 3. The highest BCUT2D eigenvalue weighted by Crippen LogP contribution is 2.37. The first-order valence-corrected chi connectivity index (χ1v) is 9.67. The molecule has 132 valence electrons. The molecule has 4 rings (SSSR count). The highest BCUT2D eigenvalue weighted by atomic mass is 32.2. The summed E-state index contributed by atoms with van der Waals surface area (Å²) in [5.41, 5.74) is 4.42. The molecular formula is C21H21N3OS. The molecule has 0 aliphatic carbocycles. The second-order valence-electron chi connectivity index (χ2n) is 6.51. The first-order chi connectivity index (χ1) is 12.6. The number of para-hydroxylation sites is 2. The van der Waals surface area contributed by atoms with Crippen molar-refractivity contribution >= 4 is 29.0 Å². The second-order valence-corrected chi connectivity index (χ2v) is 7.82. The maximum Gasteiger partial charge on any atom is 0.244 e. The zero-order valence-corrected chi connectivity index (χ0v) is 15.7. The van der Waals surface area contributed by atoms with Crippen molar-refractivity contribution < 1.29 is 4.79 Å². The van der Waals surface area contributed by atoms with Crippen LogP contribution in [0, 0.1) is 0 Å². The number of imidazole rings is 1. The first kappa shape index (κ1) is 16.9. The smallest absolute Gasteiger partial charge is 0.244 e. The van der Waals surface area contributed by atoms with Crippen molar-refractivity contribution in [2.75, 3.05) is 4.90 Å². The van der Waals surface area contributed by atoms with E-state index in [0.29, 0.717) is 0 Å². The first-order valence-electron chi connectivity index (χ1n) is 8.79. The van der Waals surface area contributed by atoms with E-state index in [4.69, 9.17) is 0 Å². The minimum Gasteiger partial charge on any atom is -0.329 e. The second kappa shape index (κ2) is 7.00. The van der Waals surface area contributed by atoms with E-state index < -0.39 is 0 Å². The Morgan fingerprint density at radius 3 is 2.15 bits per heavy atom. The average Bonchev–Trinajstić information content (AvgIpc) is 2.98. The van der Waals surface area contributed by atoms with Crippen LogP contribution in [0.2, 0.25) is 0 Å². The van der Waals surface area contributed by atoms with Crippen LogP contribution in [-0.2, 0) is 24.7 Å². The number of aromatic nitrogens is 2. The molecule has 5 heteroatoms. The van der Waals surface area contributed by atoms with Crippen LogP contribution in [0.5, 0.6) is 0 Å². The van der Waals surface area contributed by atoms with E-state index in [0.717, 1.165) is 29.4 Å². The van der Waals surface area contributed by atoms with Crippen molar-refractivity contribution in [2.45, 2.75) is 30.2 Å². The topological polar surface area (TPSA) is 38.1 Å². The van der Waals surface area contributed by atoms with Crippen LogP contribution in [0.3, 0.4) is 0 Å². The molecule has 0 saturated heterocycles. The predicted octanol–water partition coefficient (Wildman–Crippen LogP) is 4.36. The standard InChI is InChI=1S/C21H21N3OS/c1-15(26-21-22-13-14-23(21)2)20(25)24-18-9-5-3-7-16(18)11-12-17-8-4-6-10-19(17)24/h3-10,13-15H,11-12H2,1-2H3. The normalized spacial score (nSPS) is 14.3. The number of hydrogen-bond donors (Lipinski definition) is 0. The van der Waals surface area contributed by atoms with Crippen molar-refractivity contribution in [3.05, 3.63) is 72.1 Å². The third-order valence-electron chi connectivity index (χ3n) is 4.76. The summed E-state index contributed by atoms with van der Waals surface area (Å²) in [6, 6.07) is 16.4. The van der Waals surface area contributed by atoms with Crippen molar-refractivity contribution in [2.24, 2.45) is 7.05 Å². The number of rotatable bonds is 3. The maximum atomic E-state index is 13.5. The number of amides is 1. The molecule has 0 bridgehead atoms. The van der Waals surface area contributed by atoms with Gasteiger partial charge in [0.2, 0.25) is 5.91 Å². The Morgan fingerprint density at radius 2 is 1.62 bits per heavy atom. The fourth-order valence-corrected chi connectivity index (χ4v) is 4.24. The molecule has 0 N–H and O–H groups in total. The number of nitrogens with zero attached hydrogens (tertiary/aromatic N) is 3. The van der Waals surface area contributed by atoms with Gasteiger partial charge in [-0.05, 0) is 43.0 Å². The van der Waals surface area contributed by atoms with Gasteiger partial charge in [0.25, 0.3) is 0 Å². The molecule has 1 atom stereocenters. The van der Waals surface area contributed by atoms with E-state index in [1.165, 1.54) is 22.9 Å². The van der Waals surface area contributed by atoms with Gasteiger partial charge in [-0.1, -0.05) is 48.2 Å². The fourth-order valence-electron chi connectivity index (χ4n) is 3.37. The fraction of sp³-hybridized carbons (Fsp3) is 0.238. The zero-order valence-electron chi connectivity index (χ0n) is 14.9. The minimum atomic E-state index is -0.240. The highest BCUT2D eigenvalue weighted by molar-refractivity contribution is 8.00. The van der Waals surface area contributed by atoms with Gasteiger partial charge in [0.1, 0.15) is 0 Å². The molecule has 0 radical (unpaired) electrons. The van der Waals surface area contributed by atoms with Crippen LogP contribution in [0.1, 0.15) is 18.1 Å². The summed E-state index contributed by atoms with van der Waals surface area (Å²) in [5, 5.41) is 0.609. The molecule has 1 amide bonds. The lowest BCUT2D eigenvalue weighted by molar-refractivity contribution is -0.117. The summed E-state index contributed by atoms with van der Waals surface area (Å²) in [5.74, 6) is 0.0831. The van der Waals surface area contributed by atoms with E-state index >= 15 is 0 Å². The number of carbonyl (C=O) groups is 1. The third-order valence-corrected chi connectivity index (χ3v) is 5.92. The Bertz CT molecular complexity index is 902. The van der Waals surface area contributed by atoms with Crippen LogP contribution in [0.4, 0.5) is 11.4 Å². The molecule has 0 fully saturated rings. The SMILES string of the molecule is CC(Sc1nccn1C)C(=O)N1c2ccccc2CCc2ccccc21. The van der Waals surface area contributed by atoms with Gasteiger partial charge >= 0.3 is 0 Å². The lowest BCUT2D eigenvalue weighted by Crippen LogP contribution is -2.33. The summed E-state index contributed by atoms with van der Waals surface area (Å²) in [6.45, 7) is 1.96. The monoisotopic (exact) mass is 363 g/mol. The summed E-state index contributed by atoms with van der Waals surface area (Å²) in [6.07, 6.45) is 5.54. The average molecular weight is 363 g/mol. The summed E-state index contributed by atoms with van der Waals surface area (Å²) in [7, 11) is 1.95. The molecule has 26 heavy (non-hydrogen) atoms. The van der Waals surface area contributed by atoms with Gasteiger partial charge in [0.05, 0.1) is 16.6 Å². The van der Waals surface area contributed by atoms with Crippen LogP contribution >= 0.6 is 11.8 Å². The Hall–Kier alpha value is -2.53. The van der Waals surface area contributed by atoms with Crippen LogP contribution < -0.4 is 4.90 Å². The van der Waals surface area contributed by atoms with Crippen molar-refractivity contribution in [1.82, 2.24) is 9.55 Å². The molecule has 0 saturated carbocycles. The molecule has 1 unspecified atom stereocenters. The molecule has 1 aliphatic rings. The van der Waals surface area contributed by atoms with Gasteiger partial charge in [-0.3, -0.25) is 9.69 Å². The Kier molecular flexibility index (Phi) is 4.55. The Morgan fingerprint density at radius 1 is 1.04 bits per heavy atom. The number of aryl methyl sites for hydroxylation is 3. The van der Waals surface area contributed by atoms with Gasteiger partial charge < -0.3 is 4.57 Å². The molecule has 3 aromatic rings. The van der Waals surface area contributed by atoms with Gasteiger partial charge in [-0.2, -0.15) is 0 Å². The minimum absolute atomic E-state index is 0.0831. The molecule has 4 nitrogen and oxygen atoms in total. The summed E-state index contributed by atoms with van der Waals surface area (Å²) < 4.78 is 1.94. The van der Waals surface area contributed by atoms with E-state index in [2.05, 4.69) is 17.1 Å². The van der Waals surface area contributed by atoms with Gasteiger partial charge in [-0.25, -0.2) is 4.98 Å². The molecule has 2 aromatic carbocycles. The van der Waals surface area contributed by atoms with E-state index in [9.17, 15) is 4.79 Å². The van der Waals surface area contributed by atoms with Crippen LogP contribution in [-0.4, -0.2) is 20.7 Å². The predicted molar refractivity (Wildman–Crippen MR) is 106 cm³/mol. The molecule has 2 heterocycles. The van der Waals surface area contributed by atoms with Crippen LogP contribution in [0.15, 0.2) is 66.1 Å². The van der Waals surface area contributed by atoms with E-state index in [1.54, 1.807) is 6.20 Å². The molecule has 1 aliphatic heterocycles. The Labute approximate surface area is 157 Å². The summed E-state index contributed by atoms with van der Waals surface area (Å²) >= 11 is 1.50. The number of thioether (sulfide) groups is 1. The van der Waals surface area contributed by atoms with Crippen molar-refractivity contribution in [1.29, 1.82) is 0 Å². The molecule has 0 spiro atoms. The Balaban J connectivity index is 1.74. The lowest BCUT2D eigenvalue weighted by atomic mass is 10.0. The van der Waals surface area contributed by atoms with Gasteiger partial charge in [0, 0.05) is 19.4 Å². The largest absolute Gasteiger partial charge is 0.329 e. The third kappa shape index (κ3) is 3.03. The quantitative estimate of drug-likeness (QED) is 0.649. The number of benzene rings is 2.